The molecule has 0 aromatic heterocycles. The summed E-state index contributed by atoms with van der Waals surface area (Å²) in [7, 11) is 1.67. The second-order valence-corrected chi connectivity index (χ2v) is 14.5. The molecular formula is C44H42N2O8S. The standard InChI is InChI=1S/C44H42N2O8S/c1-51-38-15-5-6-16-40(38)55-28-36-23-39(32-19-17-29(26-47)18-20-32)54-43(53-36)35-14-8-13-34(22-35)33-12-7-11-31(21-33)25-46-41(48)24-37(42(46)49)45-44(50)52-27-30-9-3-2-4-10-30/h2-22,36-37,39,43,47H,23-28H2,1H3,(H,45,50)/t36-,37?,39+,43+/m1/s1. The summed E-state index contributed by atoms with van der Waals surface area (Å²) in [6, 6.07) is 39.7. The van der Waals surface area contributed by atoms with Gasteiger partial charge in [-0.15, -0.1) is 11.8 Å². The van der Waals surface area contributed by atoms with E-state index in [9.17, 15) is 19.5 Å². The average Bonchev–Trinajstić information content (AvgIpc) is 3.49. The van der Waals surface area contributed by atoms with Gasteiger partial charge in [0.25, 0.3) is 5.91 Å². The van der Waals surface area contributed by atoms with Gasteiger partial charge in [0.15, 0.2) is 6.29 Å². The largest absolute Gasteiger partial charge is 0.496 e. The molecule has 2 N–H and O–H groups in total. The number of carbonyl (C=O) groups is 3. The van der Waals surface area contributed by atoms with E-state index < -0.39 is 24.3 Å². The molecule has 2 saturated heterocycles. The van der Waals surface area contributed by atoms with Crippen LogP contribution in [0, 0.1) is 0 Å². The van der Waals surface area contributed by atoms with Gasteiger partial charge in [-0.05, 0) is 57.6 Å². The first-order chi connectivity index (χ1) is 26.9. The molecule has 7 rings (SSSR count). The zero-order valence-corrected chi connectivity index (χ0v) is 31.2. The number of rotatable bonds is 13. The number of hydrogen-bond donors (Lipinski definition) is 2. The maximum atomic E-state index is 13.2. The highest BCUT2D eigenvalue weighted by Crippen LogP contribution is 2.41. The van der Waals surface area contributed by atoms with E-state index in [0.717, 1.165) is 49.6 Å². The third-order valence-corrected chi connectivity index (χ3v) is 10.8. The molecule has 4 atom stereocenters. The van der Waals surface area contributed by atoms with Crippen molar-refractivity contribution in [2.45, 2.75) is 62.0 Å². The third kappa shape index (κ3) is 9.44. The van der Waals surface area contributed by atoms with Crippen molar-refractivity contribution in [1.82, 2.24) is 10.2 Å². The van der Waals surface area contributed by atoms with Gasteiger partial charge in [-0.1, -0.05) is 103 Å². The molecule has 0 radical (unpaired) electrons. The van der Waals surface area contributed by atoms with Crippen LogP contribution in [0.4, 0.5) is 4.79 Å². The number of methoxy groups -OCH3 is 1. The Kier molecular flexibility index (Phi) is 12.2. The summed E-state index contributed by atoms with van der Waals surface area (Å²) < 4.78 is 24.1. The number of amides is 3. The summed E-state index contributed by atoms with van der Waals surface area (Å²) in [4.78, 5) is 40.8. The first-order valence-electron chi connectivity index (χ1n) is 18.1. The maximum absolute atomic E-state index is 13.2. The fraction of sp³-hybridized carbons (Fsp3) is 0.250. The van der Waals surface area contributed by atoms with Crippen LogP contribution >= 0.6 is 11.8 Å². The minimum atomic E-state index is -0.987. The van der Waals surface area contributed by atoms with Crippen molar-refractivity contribution in [2.75, 3.05) is 12.9 Å². The smallest absolute Gasteiger partial charge is 0.408 e. The molecule has 282 valence electrons. The minimum absolute atomic E-state index is 0.0297. The summed E-state index contributed by atoms with van der Waals surface area (Å²) in [5, 5.41) is 12.1. The zero-order valence-electron chi connectivity index (χ0n) is 30.3. The van der Waals surface area contributed by atoms with Gasteiger partial charge in [0, 0.05) is 22.6 Å². The van der Waals surface area contributed by atoms with Crippen molar-refractivity contribution >= 4 is 29.7 Å². The van der Waals surface area contributed by atoms with Crippen LogP contribution in [0.15, 0.2) is 132 Å². The topological polar surface area (TPSA) is 124 Å². The molecule has 11 heteroatoms. The number of likely N-dealkylation sites (tertiary alicyclic amines) is 1. The molecule has 10 nitrogen and oxygen atoms in total. The molecule has 2 aliphatic rings. The molecule has 0 spiro atoms. The van der Waals surface area contributed by atoms with E-state index in [1.165, 1.54) is 4.90 Å². The lowest BCUT2D eigenvalue weighted by Gasteiger charge is -2.36. The van der Waals surface area contributed by atoms with Gasteiger partial charge in [0.1, 0.15) is 18.4 Å². The van der Waals surface area contributed by atoms with Crippen LogP contribution in [-0.4, -0.2) is 52.9 Å². The second kappa shape index (κ2) is 17.8. The van der Waals surface area contributed by atoms with Crippen molar-refractivity contribution in [1.29, 1.82) is 0 Å². The Labute approximate surface area is 324 Å². The van der Waals surface area contributed by atoms with Crippen molar-refractivity contribution in [3.05, 3.63) is 155 Å². The van der Waals surface area contributed by atoms with Crippen LogP contribution in [0.25, 0.3) is 11.1 Å². The molecule has 3 amide bonds. The van der Waals surface area contributed by atoms with Gasteiger partial charge < -0.3 is 29.4 Å². The SMILES string of the molecule is COc1ccccc1SC[C@H]1C[C@@H](c2ccc(CO)cc2)O[C@@H](c2cccc(-c3cccc(CN4C(=O)CC(NC(=O)OCc5ccccc5)C4=O)c3)c2)O1. The number of nitrogens with one attached hydrogen (secondary N) is 1. The number of imide groups is 1. The average molecular weight is 759 g/mol. The molecule has 0 saturated carbocycles. The van der Waals surface area contributed by atoms with E-state index in [-0.39, 0.29) is 44.3 Å². The highest BCUT2D eigenvalue weighted by molar-refractivity contribution is 7.99. The molecule has 5 aromatic carbocycles. The fourth-order valence-electron chi connectivity index (χ4n) is 6.71. The number of benzene rings is 5. The Bertz CT molecular complexity index is 2110. The van der Waals surface area contributed by atoms with E-state index in [2.05, 4.69) is 5.32 Å². The normalized spacial score (nSPS) is 19.6. The van der Waals surface area contributed by atoms with Crippen LogP contribution in [0.3, 0.4) is 0 Å². The van der Waals surface area contributed by atoms with Crippen molar-refractivity contribution < 1.29 is 38.4 Å². The van der Waals surface area contributed by atoms with E-state index >= 15 is 0 Å². The van der Waals surface area contributed by atoms with Crippen molar-refractivity contribution in [3.8, 4) is 16.9 Å². The first-order valence-corrected chi connectivity index (χ1v) is 19.1. The lowest BCUT2D eigenvalue weighted by Crippen LogP contribution is -2.41. The van der Waals surface area contributed by atoms with Gasteiger partial charge in [-0.2, -0.15) is 0 Å². The lowest BCUT2D eigenvalue weighted by molar-refractivity contribution is -0.245. The lowest BCUT2D eigenvalue weighted by atomic mass is 9.99. The van der Waals surface area contributed by atoms with Crippen molar-refractivity contribution in [2.24, 2.45) is 0 Å². The summed E-state index contributed by atoms with van der Waals surface area (Å²) in [6.07, 6.45) is -1.25. The molecule has 2 aliphatic heterocycles. The Hall–Kier alpha value is -5.46. The number of nitrogens with zero attached hydrogens (tertiary/aromatic N) is 1. The minimum Gasteiger partial charge on any atom is -0.496 e. The van der Waals surface area contributed by atoms with Gasteiger partial charge in [-0.25, -0.2) is 4.79 Å². The monoisotopic (exact) mass is 758 g/mol. The van der Waals surface area contributed by atoms with Crippen LogP contribution in [0.5, 0.6) is 5.75 Å². The number of aliphatic hydroxyl groups excluding tert-OH is 1. The summed E-state index contributed by atoms with van der Waals surface area (Å²) >= 11 is 1.68. The van der Waals surface area contributed by atoms with Crippen LogP contribution in [0.2, 0.25) is 0 Å². The highest BCUT2D eigenvalue weighted by atomic mass is 32.2. The van der Waals surface area contributed by atoms with Crippen molar-refractivity contribution in [3.63, 3.8) is 0 Å². The predicted octanol–water partition coefficient (Wildman–Crippen LogP) is 7.75. The second-order valence-electron chi connectivity index (χ2n) is 13.4. The first kappa shape index (κ1) is 37.8. The number of para-hydroxylation sites is 1. The third-order valence-electron chi connectivity index (χ3n) is 9.62. The van der Waals surface area contributed by atoms with E-state index in [1.807, 2.05) is 127 Å². The molecule has 2 fully saturated rings. The number of carbonyl (C=O) groups excluding carboxylic acids is 3. The number of ether oxygens (including phenoxy) is 4. The molecular weight excluding hydrogens is 717 g/mol. The fourth-order valence-corrected chi connectivity index (χ4v) is 7.76. The highest BCUT2D eigenvalue weighted by Gasteiger charge is 2.40. The zero-order chi connectivity index (χ0) is 38.1. The van der Waals surface area contributed by atoms with Crippen LogP contribution < -0.4 is 10.1 Å². The Morgan fingerprint density at radius 3 is 2.33 bits per heavy atom. The summed E-state index contributed by atoms with van der Waals surface area (Å²) in [5.74, 6) is 0.666. The summed E-state index contributed by atoms with van der Waals surface area (Å²) in [5.41, 5.74) is 6.09. The Morgan fingerprint density at radius 1 is 0.818 bits per heavy atom. The number of hydrogen-bond acceptors (Lipinski definition) is 9. The predicted molar refractivity (Wildman–Crippen MR) is 208 cm³/mol. The molecule has 2 heterocycles. The van der Waals surface area contributed by atoms with Crippen LogP contribution in [0.1, 0.15) is 53.1 Å². The van der Waals surface area contributed by atoms with Gasteiger partial charge in [0.2, 0.25) is 5.91 Å². The summed E-state index contributed by atoms with van der Waals surface area (Å²) in [6.45, 7) is 0.0965. The molecule has 1 unspecified atom stereocenters. The van der Waals surface area contributed by atoms with Crippen LogP contribution in [-0.2, 0) is 43.6 Å². The van der Waals surface area contributed by atoms with E-state index in [0.29, 0.717) is 12.2 Å². The molecule has 55 heavy (non-hydrogen) atoms. The molecule has 5 aromatic rings. The number of aliphatic hydroxyl groups is 1. The van der Waals surface area contributed by atoms with Gasteiger partial charge in [0.05, 0.1) is 38.9 Å². The van der Waals surface area contributed by atoms with E-state index in [4.69, 9.17) is 18.9 Å². The Balaban J connectivity index is 1.04. The Morgan fingerprint density at radius 2 is 1.55 bits per heavy atom. The quantitative estimate of drug-likeness (QED) is 0.0917. The molecule has 0 aliphatic carbocycles. The number of thioether (sulfide) groups is 1. The maximum Gasteiger partial charge on any atom is 0.408 e. The molecule has 0 bridgehead atoms. The van der Waals surface area contributed by atoms with Gasteiger partial charge in [-0.3, -0.25) is 14.5 Å². The van der Waals surface area contributed by atoms with Gasteiger partial charge >= 0.3 is 6.09 Å². The van der Waals surface area contributed by atoms with E-state index in [1.54, 1.807) is 18.9 Å². The number of alkyl carbamates (subject to hydrolysis) is 1.